The number of rotatable bonds is 8. The van der Waals surface area contributed by atoms with Crippen LogP contribution in [-0.2, 0) is 6.42 Å². The lowest BCUT2D eigenvalue weighted by molar-refractivity contribution is 0.379. The number of aryl methyl sites for hydroxylation is 3. The molecule has 0 atom stereocenters. The minimum atomic E-state index is -0.0162. The van der Waals surface area contributed by atoms with Gasteiger partial charge in [0.2, 0.25) is 0 Å². The van der Waals surface area contributed by atoms with Gasteiger partial charge in [-0.2, -0.15) is 0 Å². The highest BCUT2D eigenvalue weighted by molar-refractivity contribution is 7.19. The van der Waals surface area contributed by atoms with Crippen LogP contribution in [0.4, 0.5) is 11.6 Å². The summed E-state index contributed by atoms with van der Waals surface area (Å²) in [6.45, 7) is 19.8. The quantitative estimate of drug-likeness (QED) is 0.134. The van der Waals surface area contributed by atoms with E-state index in [0.29, 0.717) is 31.6 Å². The van der Waals surface area contributed by atoms with Gasteiger partial charge in [0.05, 0.1) is 4.88 Å². The highest BCUT2D eigenvalue weighted by atomic mass is 32.1. The van der Waals surface area contributed by atoms with Gasteiger partial charge >= 0.3 is 0 Å². The lowest BCUT2D eigenvalue weighted by atomic mass is 9.90. The van der Waals surface area contributed by atoms with Crippen molar-refractivity contribution in [3.63, 3.8) is 0 Å². The Hall–Kier alpha value is -3.76. The topological polar surface area (TPSA) is 136 Å². The summed E-state index contributed by atoms with van der Waals surface area (Å²) in [6.07, 6.45) is 6.03. The number of thiophene rings is 2. The lowest BCUT2D eigenvalue weighted by Gasteiger charge is -2.16. The average Bonchev–Trinajstić information content (AvgIpc) is 3.77. The summed E-state index contributed by atoms with van der Waals surface area (Å²) in [4.78, 5) is 23.2. The molecule has 0 saturated heterocycles. The van der Waals surface area contributed by atoms with Crippen molar-refractivity contribution in [3.8, 4) is 11.8 Å². The third-order valence-electron chi connectivity index (χ3n) is 7.16. The fourth-order valence-corrected chi connectivity index (χ4v) is 7.05. The molecule has 6 aromatic rings. The van der Waals surface area contributed by atoms with Crippen LogP contribution in [0.25, 0.3) is 32.0 Å². The smallest absolute Gasteiger partial charge is 0.181 e. The van der Waals surface area contributed by atoms with Crippen molar-refractivity contribution in [3.05, 3.63) is 45.7 Å². The van der Waals surface area contributed by atoms with Gasteiger partial charge in [-0.1, -0.05) is 32.6 Å². The predicted molar refractivity (Wildman–Crippen MR) is 195 cm³/mol. The summed E-state index contributed by atoms with van der Waals surface area (Å²) in [7, 11) is 0. The van der Waals surface area contributed by atoms with Crippen LogP contribution in [0.2, 0.25) is 0 Å². The van der Waals surface area contributed by atoms with Gasteiger partial charge in [-0.15, -0.1) is 22.7 Å². The molecule has 0 aliphatic carbocycles. The molecule has 0 saturated carbocycles. The van der Waals surface area contributed by atoms with Gasteiger partial charge < -0.3 is 22.1 Å². The number of hydrogen-bond donors (Lipinski definition) is 4. The molecular formula is C34H46N10S2. The fraction of sp³-hybridized carbons (Fsp3) is 0.471. The molecule has 6 N–H and O–H groups in total. The molecule has 6 heterocycles. The third kappa shape index (κ3) is 7.61. The number of anilines is 2. The molecule has 0 aliphatic heterocycles. The molecule has 10 nitrogen and oxygen atoms in total. The largest absolute Gasteiger partial charge is 0.366 e. The number of nitrogens with zero attached hydrogens (tertiary/aromatic N) is 6. The molecule has 244 valence electrons. The zero-order valence-electron chi connectivity index (χ0n) is 28.2. The molecule has 0 aliphatic rings. The second-order valence-corrected chi connectivity index (χ2v) is 15.9. The molecule has 0 amide bonds. The molecule has 0 fully saturated rings. The van der Waals surface area contributed by atoms with Crippen molar-refractivity contribution in [1.82, 2.24) is 28.7 Å². The Kier molecular flexibility index (Phi) is 9.89. The van der Waals surface area contributed by atoms with Crippen LogP contribution in [0.1, 0.15) is 69.1 Å². The Morgan fingerprint density at radius 1 is 0.783 bits per heavy atom. The molecule has 0 bridgehead atoms. The summed E-state index contributed by atoms with van der Waals surface area (Å²) < 4.78 is 4.33. The van der Waals surface area contributed by atoms with Crippen LogP contribution in [0.15, 0.2) is 24.5 Å². The highest BCUT2D eigenvalue weighted by Crippen LogP contribution is 2.32. The summed E-state index contributed by atoms with van der Waals surface area (Å²) in [5.41, 5.74) is 17.4. The van der Waals surface area contributed by atoms with Crippen molar-refractivity contribution in [2.75, 3.05) is 36.8 Å². The number of hydrogen-bond acceptors (Lipinski definition) is 10. The van der Waals surface area contributed by atoms with Gasteiger partial charge in [0, 0.05) is 60.3 Å². The van der Waals surface area contributed by atoms with E-state index in [1.165, 1.54) is 16.1 Å². The zero-order valence-corrected chi connectivity index (χ0v) is 29.8. The summed E-state index contributed by atoms with van der Waals surface area (Å²) >= 11 is 3.48. The number of nitrogens with one attached hydrogen (secondary N) is 2. The maximum absolute atomic E-state index is 5.61. The van der Waals surface area contributed by atoms with E-state index in [0.717, 1.165) is 61.5 Å². The maximum atomic E-state index is 5.61. The van der Waals surface area contributed by atoms with E-state index in [1.807, 2.05) is 36.7 Å². The van der Waals surface area contributed by atoms with Gasteiger partial charge in [-0.05, 0) is 65.0 Å². The Morgan fingerprint density at radius 3 is 1.80 bits per heavy atom. The number of fused-ring (bicyclic) bond motifs is 6. The van der Waals surface area contributed by atoms with Gasteiger partial charge in [0.1, 0.15) is 20.7 Å². The van der Waals surface area contributed by atoms with Gasteiger partial charge in [0.15, 0.2) is 22.9 Å². The minimum absolute atomic E-state index is 0.0162. The molecule has 0 aromatic carbocycles. The first kappa shape index (κ1) is 33.6. The SMILES string of the molecule is Cc1cnc2c(NCCN)nc3cc(C#CC(C)(C)C)sc3n12.Cc1cnc2c(NCCN)nc3cc(CCC(C)(C)C)sc3n12. The Labute approximate surface area is 279 Å². The second kappa shape index (κ2) is 13.5. The fourth-order valence-electron chi connectivity index (χ4n) is 4.88. The van der Waals surface area contributed by atoms with Crippen LogP contribution < -0.4 is 22.1 Å². The van der Waals surface area contributed by atoms with E-state index in [2.05, 4.69) is 95.8 Å². The van der Waals surface area contributed by atoms with Crippen LogP contribution in [0.5, 0.6) is 0 Å². The van der Waals surface area contributed by atoms with E-state index < -0.39 is 0 Å². The van der Waals surface area contributed by atoms with Crippen molar-refractivity contribution in [2.24, 2.45) is 22.3 Å². The first-order chi connectivity index (χ1) is 21.8. The van der Waals surface area contributed by atoms with E-state index in [9.17, 15) is 0 Å². The monoisotopic (exact) mass is 658 g/mol. The standard InChI is InChI=1S/C17H25N5S.C17H21N5S/c2*1-11-10-20-15-14(19-8-7-18)21-13-9-12(5-6-17(2,3)4)23-16(13)22(11)15/h9-10H,5-8,18H2,1-4H3,(H,19,21);9-10H,7-8,18H2,1-4H3,(H,19,21). The predicted octanol–water partition coefficient (Wildman–Crippen LogP) is 6.62. The van der Waals surface area contributed by atoms with Gasteiger partial charge in [-0.3, -0.25) is 8.80 Å². The second-order valence-electron chi connectivity index (χ2n) is 13.7. The first-order valence-corrected chi connectivity index (χ1v) is 17.4. The van der Waals surface area contributed by atoms with E-state index in [1.54, 1.807) is 11.3 Å². The summed E-state index contributed by atoms with van der Waals surface area (Å²) in [6, 6.07) is 4.27. The lowest BCUT2D eigenvalue weighted by Crippen LogP contribution is -2.14. The van der Waals surface area contributed by atoms with E-state index in [-0.39, 0.29) is 5.41 Å². The van der Waals surface area contributed by atoms with E-state index >= 15 is 0 Å². The molecule has 6 aromatic heterocycles. The molecule has 0 radical (unpaired) electrons. The molecule has 46 heavy (non-hydrogen) atoms. The Balaban J connectivity index is 0.000000181. The number of imidazole rings is 2. The van der Waals surface area contributed by atoms with Gasteiger partial charge in [-0.25, -0.2) is 19.9 Å². The van der Waals surface area contributed by atoms with Crippen molar-refractivity contribution < 1.29 is 0 Å². The van der Waals surface area contributed by atoms with Crippen molar-refractivity contribution >= 4 is 66.3 Å². The van der Waals surface area contributed by atoms with Gasteiger partial charge in [0.25, 0.3) is 0 Å². The summed E-state index contributed by atoms with van der Waals surface area (Å²) in [5.74, 6) is 8.13. The van der Waals surface area contributed by atoms with E-state index in [4.69, 9.17) is 21.4 Å². The molecule has 0 spiro atoms. The zero-order chi connectivity index (χ0) is 33.2. The Bertz CT molecular complexity index is 2040. The van der Waals surface area contributed by atoms with Crippen LogP contribution in [0.3, 0.4) is 0 Å². The molecule has 12 heteroatoms. The Morgan fingerprint density at radius 2 is 1.30 bits per heavy atom. The third-order valence-corrected chi connectivity index (χ3v) is 9.36. The highest BCUT2D eigenvalue weighted by Gasteiger charge is 2.17. The van der Waals surface area contributed by atoms with Crippen LogP contribution in [0, 0.1) is 36.5 Å². The molecular weight excluding hydrogens is 613 g/mol. The molecule has 0 unspecified atom stereocenters. The number of nitrogens with two attached hydrogens (primary N) is 2. The van der Waals surface area contributed by atoms with Crippen molar-refractivity contribution in [2.45, 2.75) is 68.2 Å². The average molecular weight is 659 g/mol. The maximum Gasteiger partial charge on any atom is 0.181 e. The van der Waals surface area contributed by atoms with Crippen molar-refractivity contribution in [1.29, 1.82) is 0 Å². The first-order valence-electron chi connectivity index (χ1n) is 15.7. The normalized spacial score (nSPS) is 12.0. The van der Waals surface area contributed by atoms with Crippen LogP contribution >= 0.6 is 22.7 Å². The molecule has 6 rings (SSSR count). The summed E-state index contributed by atoms with van der Waals surface area (Å²) in [5, 5.41) is 6.55. The number of aromatic nitrogens is 6. The minimum Gasteiger partial charge on any atom is -0.366 e. The van der Waals surface area contributed by atoms with Crippen LogP contribution in [-0.4, -0.2) is 54.9 Å².